The highest BCUT2D eigenvalue weighted by atomic mass is 32.2. The third-order valence-electron chi connectivity index (χ3n) is 4.11. The van der Waals surface area contributed by atoms with Crippen LogP contribution in [0.5, 0.6) is 0 Å². The predicted molar refractivity (Wildman–Crippen MR) is 98.3 cm³/mol. The minimum atomic E-state index is -3.46. The molecule has 0 N–H and O–H groups in total. The third kappa shape index (κ3) is 4.48. The van der Waals surface area contributed by atoms with Crippen LogP contribution in [0.4, 0.5) is 0 Å². The normalized spacial score (nSPS) is 15.8. The number of carbonyl (C=O) groups is 1. The summed E-state index contributed by atoms with van der Waals surface area (Å²) in [5.41, 5.74) is 0.666. The van der Waals surface area contributed by atoms with Crippen LogP contribution in [0.3, 0.4) is 0 Å². The lowest BCUT2D eigenvalue weighted by Gasteiger charge is -2.25. The maximum Gasteiger partial charge on any atom is 0.244 e. The number of nitrogens with zero attached hydrogens (tertiary/aromatic N) is 2. The van der Waals surface area contributed by atoms with Gasteiger partial charge in [0, 0.05) is 24.8 Å². The highest BCUT2D eigenvalue weighted by Crippen LogP contribution is 2.22. The Morgan fingerprint density at radius 2 is 1.76 bits per heavy atom. The Kier molecular flexibility index (Phi) is 5.88. The molecule has 1 aliphatic rings. The van der Waals surface area contributed by atoms with Gasteiger partial charge in [0.1, 0.15) is 4.90 Å². The van der Waals surface area contributed by atoms with Gasteiger partial charge in [-0.25, -0.2) is 13.4 Å². The second-order valence-electron chi connectivity index (χ2n) is 5.87. The zero-order valence-electron chi connectivity index (χ0n) is 13.8. The molecule has 1 saturated heterocycles. The summed E-state index contributed by atoms with van der Waals surface area (Å²) in [5, 5.41) is 0.641. The standard InChI is InChI=1S/C18H20N2O3S2/c21-17(15-7-3-1-4-8-15)14-24-18-10-9-16(13-19-18)25(22,23)20-11-5-2-6-12-20/h1,3-4,7-10,13H,2,5-6,11-12,14H2. The Labute approximate surface area is 152 Å². The average Bonchev–Trinajstić information content (AvgIpc) is 2.68. The predicted octanol–water partition coefficient (Wildman–Crippen LogP) is 3.23. The van der Waals surface area contributed by atoms with Crippen molar-refractivity contribution in [2.75, 3.05) is 18.8 Å². The van der Waals surface area contributed by atoms with E-state index in [1.807, 2.05) is 18.2 Å². The minimum absolute atomic E-state index is 0.0254. The number of sulfonamides is 1. The molecule has 0 radical (unpaired) electrons. The molecule has 0 saturated carbocycles. The number of hydrogen-bond acceptors (Lipinski definition) is 5. The summed E-state index contributed by atoms with van der Waals surface area (Å²) >= 11 is 1.31. The zero-order valence-corrected chi connectivity index (χ0v) is 15.4. The van der Waals surface area contributed by atoms with Gasteiger partial charge in [0.25, 0.3) is 0 Å². The maximum absolute atomic E-state index is 12.6. The molecule has 1 aromatic heterocycles. The van der Waals surface area contributed by atoms with Crippen LogP contribution in [-0.4, -0.2) is 42.3 Å². The van der Waals surface area contributed by atoms with E-state index in [2.05, 4.69) is 4.98 Å². The Morgan fingerprint density at radius 3 is 2.40 bits per heavy atom. The fraction of sp³-hybridized carbons (Fsp3) is 0.333. The fourth-order valence-corrected chi connectivity index (χ4v) is 4.91. The van der Waals surface area contributed by atoms with Crippen molar-refractivity contribution in [2.45, 2.75) is 29.2 Å². The molecule has 3 rings (SSSR count). The van der Waals surface area contributed by atoms with E-state index in [9.17, 15) is 13.2 Å². The molecular weight excluding hydrogens is 356 g/mol. The van der Waals surface area contributed by atoms with Crippen LogP contribution in [0.15, 0.2) is 58.6 Å². The number of piperidine rings is 1. The van der Waals surface area contributed by atoms with Crippen LogP contribution in [-0.2, 0) is 10.0 Å². The first-order valence-electron chi connectivity index (χ1n) is 8.24. The lowest BCUT2D eigenvalue weighted by Crippen LogP contribution is -2.35. The smallest absolute Gasteiger partial charge is 0.244 e. The zero-order chi connectivity index (χ0) is 17.7. The molecule has 0 unspecified atom stereocenters. The number of Topliss-reactive ketones (excluding diaryl/α,β-unsaturated/α-hetero) is 1. The minimum Gasteiger partial charge on any atom is -0.293 e. The van der Waals surface area contributed by atoms with Crippen LogP contribution in [0, 0.1) is 0 Å². The first-order valence-corrected chi connectivity index (χ1v) is 10.7. The van der Waals surface area contributed by atoms with Crippen molar-refractivity contribution < 1.29 is 13.2 Å². The van der Waals surface area contributed by atoms with E-state index in [1.54, 1.807) is 24.3 Å². The van der Waals surface area contributed by atoms with Crippen LogP contribution < -0.4 is 0 Å². The Balaban J connectivity index is 1.63. The van der Waals surface area contributed by atoms with Crippen LogP contribution >= 0.6 is 11.8 Å². The summed E-state index contributed by atoms with van der Waals surface area (Å²) in [6.07, 6.45) is 4.28. The lowest BCUT2D eigenvalue weighted by molar-refractivity contribution is 0.102. The summed E-state index contributed by atoms with van der Waals surface area (Å²) in [4.78, 5) is 16.5. The molecule has 25 heavy (non-hydrogen) atoms. The van der Waals surface area contributed by atoms with E-state index >= 15 is 0 Å². The number of hydrogen-bond donors (Lipinski definition) is 0. The number of benzene rings is 1. The maximum atomic E-state index is 12.6. The van der Waals surface area contributed by atoms with Gasteiger partial charge in [-0.1, -0.05) is 48.5 Å². The summed E-state index contributed by atoms with van der Waals surface area (Å²) in [5.74, 6) is 0.298. The van der Waals surface area contributed by atoms with Gasteiger partial charge in [0.2, 0.25) is 10.0 Å². The molecule has 132 valence electrons. The van der Waals surface area contributed by atoms with Gasteiger partial charge in [-0.3, -0.25) is 4.79 Å². The monoisotopic (exact) mass is 376 g/mol. The molecule has 5 nitrogen and oxygen atoms in total. The molecule has 1 aliphatic heterocycles. The number of ketones is 1. The van der Waals surface area contributed by atoms with Gasteiger partial charge in [-0.15, -0.1) is 0 Å². The average molecular weight is 377 g/mol. The van der Waals surface area contributed by atoms with Crippen molar-refractivity contribution >= 4 is 27.6 Å². The number of carbonyl (C=O) groups excluding carboxylic acids is 1. The summed E-state index contributed by atoms with van der Waals surface area (Å²) < 4.78 is 26.7. The van der Waals surface area contributed by atoms with E-state index < -0.39 is 10.0 Å². The largest absolute Gasteiger partial charge is 0.293 e. The topological polar surface area (TPSA) is 67.3 Å². The van der Waals surface area contributed by atoms with Gasteiger partial charge < -0.3 is 0 Å². The molecule has 7 heteroatoms. The van der Waals surface area contributed by atoms with E-state index in [4.69, 9.17) is 0 Å². The van der Waals surface area contributed by atoms with Crippen LogP contribution in [0.2, 0.25) is 0 Å². The van der Waals surface area contributed by atoms with Gasteiger partial charge in [0.15, 0.2) is 5.78 Å². The van der Waals surface area contributed by atoms with Gasteiger partial charge in [-0.05, 0) is 25.0 Å². The van der Waals surface area contributed by atoms with Crippen molar-refractivity contribution in [1.29, 1.82) is 0 Å². The Hall–Kier alpha value is -1.70. The molecule has 2 aromatic rings. The van der Waals surface area contributed by atoms with Crippen LogP contribution in [0.1, 0.15) is 29.6 Å². The first kappa shape index (κ1) is 18.1. The molecule has 1 fully saturated rings. The number of aromatic nitrogens is 1. The first-order chi connectivity index (χ1) is 12.1. The Bertz CT molecular complexity index is 815. The quantitative estimate of drug-likeness (QED) is 0.572. The molecular formula is C18H20N2O3S2. The molecule has 2 heterocycles. The van der Waals surface area contributed by atoms with Crippen LogP contribution in [0.25, 0.3) is 0 Å². The lowest BCUT2D eigenvalue weighted by atomic mass is 10.2. The second-order valence-corrected chi connectivity index (χ2v) is 8.81. The third-order valence-corrected chi connectivity index (χ3v) is 6.93. The van der Waals surface area contributed by atoms with Crippen molar-refractivity contribution in [3.63, 3.8) is 0 Å². The highest BCUT2D eigenvalue weighted by molar-refractivity contribution is 7.99. The van der Waals surface area contributed by atoms with E-state index in [1.165, 1.54) is 22.3 Å². The van der Waals surface area contributed by atoms with Crippen molar-refractivity contribution in [3.8, 4) is 0 Å². The molecule has 1 aromatic carbocycles. The molecule has 0 atom stereocenters. The second kappa shape index (κ2) is 8.12. The van der Waals surface area contributed by atoms with Gasteiger partial charge in [0.05, 0.1) is 10.8 Å². The number of thioether (sulfide) groups is 1. The van der Waals surface area contributed by atoms with E-state index in [0.717, 1.165) is 19.3 Å². The van der Waals surface area contributed by atoms with Gasteiger partial charge in [-0.2, -0.15) is 4.31 Å². The molecule has 0 amide bonds. The van der Waals surface area contributed by atoms with Gasteiger partial charge >= 0.3 is 0 Å². The SMILES string of the molecule is O=C(CSc1ccc(S(=O)(=O)N2CCCCC2)cn1)c1ccccc1. The van der Waals surface area contributed by atoms with Crippen molar-refractivity contribution in [1.82, 2.24) is 9.29 Å². The van der Waals surface area contributed by atoms with E-state index in [0.29, 0.717) is 23.7 Å². The number of pyridine rings is 1. The summed E-state index contributed by atoms with van der Waals surface area (Å²) in [6, 6.07) is 12.3. The molecule has 0 aliphatic carbocycles. The summed E-state index contributed by atoms with van der Waals surface area (Å²) in [6.45, 7) is 1.15. The number of rotatable bonds is 6. The molecule has 0 spiro atoms. The van der Waals surface area contributed by atoms with Crippen molar-refractivity contribution in [2.24, 2.45) is 0 Å². The van der Waals surface area contributed by atoms with Crippen molar-refractivity contribution in [3.05, 3.63) is 54.2 Å². The highest BCUT2D eigenvalue weighted by Gasteiger charge is 2.26. The van der Waals surface area contributed by atoms with E-state index in [-0.39, 0.29) is 16.4 Å². The Morgan fingerprint density at radius 1 is 1.04 bits per heavy atom. The molecule has 0 bridgehead atoms. The fourth-order valence-electron chi connectivity index (χ4n) is 2.71. The summed E-state index contributed by atoms with van der Waals surface area (Å²) in [7, 11) is -3.46.